The summed E-state index contributed by atoms with van der Waals surface area (Å²) in [4.78, 5) is 36.4. The molecule has 11 heteroatoms. The zero-order valence-electron chi connectivity index (χ0n) is 22.3. The maximum atomic E-state index is 14.4. The number of aliphatic imine (C=N–C) groups is 1. The summed E-state index contributed by atoms with van der Waals surface area (Å²) in [7, 11) is 1.52. The number of hydrogen-bond donors (Lipinski definition) is 1. The average molecular weight is 591 g/mol. The van der Waals surface area contributed by atoms with Crippen molar-refractivity contribution >= 4 is 41.0 Å². The summed E-state index contributed by atoms with van der Waals surface area (Å²) in [6, 6.07) is 20.8. The van der Waals surface area contributed by atoms with E-state index >= 15 is 0 Å². The smallest absolute Gasteiger partial charge is 0.326 e. The van der Waals surface area contributed by atoms with Crippen LogP contribution in [-0.4, -0.2) is 72.3 Å². The van der Waals surface area contributed by atoms with Gasteiger partial charge in [0.1, 0.15) is 17.6 Å². The van der Waals surface area contributed by atoms with Crippen LogP contribution < -0.4 is 10.5 Å². The van der Waals surface area contributed by atoms with Gasteiger partial charge in [-0.25, -0.2) is 4.79 Å². The zero-order chi connectivity index (χ0) is 29.1. The third-order valence-corrected chi connectivity index (χ3v) is 7.79. The van der Waals surface area contributed by atoms with Crippen LogP contribution in [0.4, 0.5) is 4.79 Å². The van der Waals surface area contributed by atoms with Crippen molar-refractivity contribution in [1.82, 2.24) is 14.7 Å². The van der Waals surface area contributed by atoms with Crippen LogP contribution >= 0.6 is 23.2 Å². The summed E-state index contributed by atoms with van der Waals surface area (Å²) < 4.78 is 5.67. The molecule has 0 spiro atoms. The highest BCUT2D eigenvalue weighted by Crippen LogP contribution is 2.45. The number of amidine groups is 1. The highest BCUT2D eigenvalue weighted by molar-refractivity contribution is 6.30. The molecule has 3 amide bonds. The number of benzene rings is 3. The molecule has 2 aliphatic rings. The molecular formula is C30H28Cl2N6O3. The van der Waals surface area contributed by atoms with Gasteiger partial charge in [0.25, 0.3) is 0 Å². The molecule has 0 unspecified atom stereocenters. The first-order valence-electron chi connectivity index (χ1n) is 13.0. The highest BCUT2D eigenvalue weighted by Gasteiger charge is 2.45. The lowest BCUT2D eigenvalue weighted by Crippen LogP contribution is -2.55. The van der Waals surface area contributed by atoms with E-state index in [1.807, 2.05) is 29.2 Å². The Morgan fingerprint density at radius 3 is 2.15 bits per heavy atom. The summed E-state index contributed by atoms with van der Waals surface area (Å²) in [5, 5.41) is 10.6. The summed E-state index contributed by atoms with van der Waals surface area (Å²) in [6.07, 6.45) is 0. The summed E-state index contributed by atoms with van der Waals surface area (Å²) in [5.41, 5.74) is 8.12. The number of halogens is 2. The molecule has 2 heterocycles. The van der Waals surface area contributed by atoms with Gasteiger partial charge in [-0.1, -0.05) is 47.5 Å². The van der Waals surface area contributed by atoms with Gasteiger partial charge in [-0.05, 0) is 53.6 Å². The number of carbonyl (C=O) groups excluding carboxylic acids is 2. The predicted molar refractivity (Wildman–Crippen MR) is 157 cm³/mol. The molecule has 0 aliphatic carbocycles. The monoisotopic (exact) mass is 590 g/mol. The van der Waals surface area contributed by atoms with Crippen LogP contribution in [0.3, 0.4) is 0 Å². The van der Waals surface area contributed by atoms with Crippen molar-refractivity contribution in [1.29, 1.82) is 5.26 Å². The van der Waals surface area contributed by atoms with Crippen molar-refractivity contribution in [3.8, 4) is 11.8 Å². The van der Waals surface area contributed by atoms with Crippen molar-refractivity contribution in [3.05, 3.63) is 99.0 Å². The van der Waals surface area contributed by atoms with Crippen molar-refractivity contribution in [2.75, 3.05) is 39.8 Å². The van der Waals surface area contributed by atoms with Crippen LogP contribution in [0, 0.1) is 11.3 Å². The number of amides is 3. The molecule has 210 valence electrons. The normalized spacial score (nSPS) is 19.0. The van der Waals surface area contributed by atoms with Crippen molar-refractivity contribution in [3.63, 3.8) is 0 Å². The molecule has 1 saturated heterocycles. The summed E-state index contributed by atoms with van der Waals surface area (Å²) >= 11 is 12.4. The van der Waals surface area contributed by atoms with E-state index in [0.717, 1.165) is 11.1 Å². The minimum absolute atomic E-state index is 0.146. The number of urea groups is 1. The van der Waals surface area contributed by atoms with Gasteiger partial charge in [-0.2, -0.15) is 5.26 Å². The van der Waals surface area contributed by atoms with Gasteiger partial charge in [0.05, 0.1) is 36.9 Å². The molecule has 2 aliphatic heterocycles. The number of nitriles is 1. The van der Waals surface area contributed by atoms with E-state index in [0.29, 0.717) is 58.9 Å². The van der Waals surface area contributed by atoms with Gasteiger partial charge in [-0.15, -0.1) is 0 Å². The number of hydrogen-bond acceptors (Lipinski definition) is 6. The third kappa shape index (κ3) is 6.00. The van der Waals surface area contributed by atoms with Crippen molar-refractivity contribution in [2.45, 2.75) is 12.1 Å². The van der Waals surface area contributed by atoms with Gasteiger partial charge >= 0.3 is 6.03 Å². The number of ether oxygens (including phenoxy) is 1. The van der Waals surface area contributed by atoms with Gasteiger partial charge < -0.3 is 15.4 Å². The highest BCUT2D eigenvalue weighted by atomic mass is 35.5. The maximum Gasteiger partial charge on any atom is 0.326 e. The fourth-order valence-electron chi connectivity index (χ4n) is 5.27. The Balaban J connectivity index is 1.62. The molecule has 3 aromatic rings. The first kappa shape index (κ1) is 28.4. The molecule has 0 bridgehead atoms. The Kier molecular flexibility index (Phi) is 8.45. The van der Waals surface area contributed by atoms with E-state index in [1.165, 1.54) is 7.11 Å². The SMILES string of the molecule is COc1cc(C#N)ccc1C1=N[C@@H](c2ccc(Cl)cc2)[C@@H](c2ccc(Cl)cc2)N1C(=O)N1CCN(CC(N)=O)CC1. The first-order valence-corrected chi connectivity index (χ1v) is 13.8. The number of primary amides is 1. The minimum atomic E-state index is -0.514. The van der Waals surface area contributed by atoms with E-state index < -0.39 is 18.0 Å². The molecule has 9 nitrogen and oxygen atoms in total. The molecule has 2 N–H and O–H groups in total. The Bertz CT molecular complexity index is 1510. The molecule has 1 fully saturated rings. The van der Waals surface area contributed by atoms with E-state index in [-0.39, 0.29) is 12.6 Å². The number of rotatable bonds is 6. The number of carbonyl (C=O) groups is 2. The summed E-state index contributed by atoms with van der Waals surface area (Å²) in [5.74, 6) is 0.453. The third-order valence-electron chi connectivity index (χ3n) is 7.29. The second-order valence-electron chi connectivity index (χ2n) is 9.85. The maximum absolute atomic E-state index is 14.4. The second-order valence-corrected chi connectivity index (χ2v) is 10.7. The van der Waals surface area contributed by atoms with Gasteiger partial charge in [-0.3, -0.25) is 19.6 Å². The average Bonchev–Trinajstić information content (AvgIpc) is 3.37. The lowest BCUT2D eigenvalue weighted by Gasteiger charge is -2.38. The summed E-state index contributed by atoms with van der Waals surface area (Å²) in [6.45, 7) is 2.01. The van der Waals surface area contributed by atoms with Crippen LogP contribution in [0.25, 0.3) is 0 Å². The molecule has 3 aromatic carbocycles. The van der Waals surface area contributed by atoms with Crippen molar-refractivity contribution < 1.29 is 14.3 Å². The molecule has 0 aromatic heterocycles. The standard InChI is InChI=1S/C30H28Cl2N6O3/c1-41-25-16-19(17-33)2-11-24(25)29-35-27(20-3-7-22(31)8-4-20)28(21-5-9-23(32)10-6-21)38(29)30(40)37-14-12-36(13-15-37)18-26(34)39/h2-11,16,27-28H,12-15,18H2,1H3,(H2,34,39)/t27-,28+/m0/s1. The van der Waals surface area contributed by atoms with E-state index in [2.05, 4.69) is 6.07 Å². The Labute approximate surface area is 248 Å². The lowest BCUT2D eigenvalue weighted by atomic mass is 9.93. The Morgan fingerprint density at radius 2 is 1.59 bits per heavy atom. The minimum Gasteiger partial charge on any atom is -0.496 e. The molecule has 0 saturated carbocycles. The fourth-order valence-corrected chi connectivity index (χ4v) is 5.52. The molecule has 5 rings (SSSR count). The predicted octanol–water partition coefficient (Wildman–Crippen LogP) is 4.64. The zero-order valence-corrected chi connectivity index (χ0v) is 23.8. The lowest BCUT2D eigenvalue weighted by molar-refractivity contribution is -0.119. The molecule has 2 atom stereocenters. The quantitative estimate of drug-likeness (QED) is 0.449. The molecule has 0 radical (unpaired) electrons. The van der Waals surface area contributed by atoms with E-state index in [9.17, 15) is 14.9 Å². The molecular weight excluding hydrogens is 563 g/mol. The van der Waals surface area contributed by atoms with E-state index in [1.54, 1.807) is 52.3 Å². The Hall–Kier alpha value is -4.10. The van der Waals surface area contributed by atoms with Gasteiger partial charge in [0.2, 0.25) is 5.91 Å². The number of nitrogens with zero attached hydrogens (tertiary/aromatic N) is 5. The van der Waals surface area contributed by atoms with Crippen molar-refractivity contribution in [2.24, 2.45) is 10.7 Å². The fraction of sp³-hybridized carbons (Fsp3) is 0.267. The Morgan fingerprint density at radius 1 is 0.976 bits per heavy atom. The van der Waals surface area contributed by atoms with Gasteiger partial charge in [0.15, 0.2) is 0 Å². The van der Waals surface area contributed by atoms with Gasteiger partial charge in [0, 0.05) is 36.2 Å². The van der Waals surface area contributed by atoms with Crippen LogP contribution in [0.1, 0.15) is 34.3 Å². The second kappa shape index (κ2) is 12.2. The van der Waals surface area contributed by atoms with Crippen LogP contribution in [-0.2, 0) is 4.79 Å². The van der Waals surface area contributed by atoms with Crippen LogP contribution in [0.2, 0.25) is 10.0 Å². The number of piperazine rings is 1. The van der Waals surface area contributed by atoms with Crippen LogP contribution in [0.15, 0.2) is 71.7 Å². The van der Waals surface area contributed by atoms with E-state index in [4.69, 9.17) is 38.7 Å². The molecule has 41 heavy (non-hydrogen) atoms. The largest absolute Gasteiger partial charge is 0.496 e. The topological polar surface area (TPSA) is 115 Å². The number of nitrogens with two attached hydrogens (primary N) is 1. The number of methoxy groups -OCH3 is 1. The van der Waals surface area contributed by atoms with Crippen LogP contribution in [0.5, 0.6) is 5.75 Å². The first-order chi connectivity index (χ1) is 19.8.